The van der Waals surface area contributed by atoms with Gasteiger partial charge in [0, 0.05) is 6.42 Å². The maximum absolute atomic E-state index is 15.5. The molecule has 0 spiro atoms. The summed E-state index contributed by atoms with van der Waals surface area (Å²) in [7, 11) is 0. The highest BCUT2D eigenvalue weighted by molar-refractivity contribution is 5.33. The topological polar surface area (TPSA) is 9.23 Å². The van der Waals surface area contributed by atoms with Crippen molar-refractivity contribution in [3.8, 4) is 5.75 Å². The summed E-state index contributed by atoms with van der Waals surface area (Å²) < 4.78 is 79.1. The van der Waals surface area contributed by atoms with E-state index in [2.05, 4.69) is 0 Å². The van der Waals surface area contributed by atoms with E-state index in [1.54, 1.807) is 6.92 Å². The van der Waals surface area contributed by atoms with Gasteiger partial charge >= 0.3 is 0 Å². The summed E-state index contributed by atoms with van der Waals surface area (Å²) in [5, 5.41) is 0. The smallest absolute Gasteiger partial charge is 0.254 e. The molecule has 2 aliphatic carbocycles. The lowest BCUT2D eigenvalue weighted by Gasteiger charge is -2.30. The van der Waals surface area contributed by atoms with Crippen LogP contribution in [0.25, 0.3) is 0 Å². The lowest BCUT2D eigenvalue weighted by molar-refractivity contribution is -0.107. The second kappa shape index (κ2) is 7.59. The van der Waals surface area contributed by atoms with Crippen LogP contribution in [0.1, 0.15) is 70.3 Å². The minimum atomic E-state index is -3.24. The van der Waals surface area contributed by atoms with E-state index in [0.717, 1.165) is 12.8 Å². The third-order valence-electron chi connectivity index (χ3n) is 6.27. The molecule has 0 heterocycles. The maximum Gasteiger partial charge on any atom is 0.254 e. The minimum absolute atomic E-state index is 0.0212. The zero-order chi connectivity index (χ0) is 19.8. The molecule has 0 radical (unpaired) electrons. The highest BCUT2D eigenvalue weighted by atomic mass is 19.3. The number of rotatable bonds is 5. The Balaban J connectivity index is 1.87. The average molecular weight is 390 g/mol. The summed E-state index contributed by atoms with van der Waals surface area (Å²) in [6, 6.07) is 2.57. The van der Waals surface area contributed by atoms with Crippen molar-refractivity contribution in [1.82, 2.24) is 0 Å². The molecule has 4 atom stereocenters. The molecule has 27 heavy (non-hydrogen) atoms. The summed E-state index contributed by atoms with van der Waals surface area (Å²) in [6.45, 7) is 3.78. The van der Waals surface area contributed by atoms with Crippen molar-refractivity contribution in [2.45, 2.75) is 76.3 Å². The van der Waals surface area contributed by atoms with Crippen LogP contribution in [0, 0.1) is 23.5 Å². The van der Waals surface area contributed by atoms with Crippen LogP contribution in [-0.2, 0) is 0 Å². The molecule has 0 bridgehead atoms. The van der Waals surface area contributed by atoms with Gasteiger partial charge in [-0.3, -0.25) is 0 Å². The van der Waals surface area contributed by atoms with Crippen molar-refractivity contribution >= 4 is 0 Å². The Hall–Kier alpha value is -1.33. The fraction of sp³-hybridized carbons (Fsp3) is 0.714. The monoisotopic (exact) mass is 390 g/mol. The first-order valence-electron chi connectivity index (χ1n) is 9.89. The fourth-order valence-corrected chi connectivity index (χ4v) is 5.09. The van der Waals surface area contributed by atoms with E-state index in [-0.39, 0.29) is 49.5 Å². The van der Waals surface area contributed by atoms with Crippen LogP contribution >= 0.6 is 0 Å². The number of halogens is 5. The van der Waals surface area contributed by atoms with Crippen LogP contribution in [0.15, 0.2) is 12.1 Å². The van der Waals surface area contributed by atoms with Crippen molar-refractivity contribution in [2.24, 2.45) is 11.8 Å². The van der Waals surface area contributed by atoms with Gasteiger partial charge in [-0.25, -0.2) is 17.6 Å². The second-order valence-electron chi connectivity index (χ2n) is 8.10. The molecule has 1 nitrogen and oxygen atoms in total. The van der Waals surface area contributed by atoms with Crippen LogP contribution in [0.3, 0.4) is 0 Å². The fourth-order valence-electron chi connectivity index (χ4n) is 5.09. The van der Waals surface area contributed by atoms with Gasteiger partial charge in [0.25, 0.3) is 5.92 Å². The Morgan fingerprint density at radius 3 is 2.48 bits per heavy atom. The van der Waals surface area contributed by atoms with Crippen molar-refractivity contribution in [1.29, 1.82) is 0 Å². The third kappa shape index (κ3) is 3.81. The molecular weight excluding hydrogens is 363 g/mol. The molecular formula is C21H27F5O. The summed E-state index contributed by atoms with van der Waals surface area (Å²) in [6.07, 6.45) is 1.32. The van der Waals surface area contributed by atoms with Gasteiger partial charge in [-0.2, -0.15) is 4.39 Å². The average Bonchev–Trinajstić information content (AvgIpc) is 2.90. The largest absolute Gasteiger partial charge is 0.491 e. The molecule has 2 aliphatic rings. The molecule has 0 saturated heterocycles. The van der Waals surface area contributed by atoms with Gasteiger partial charge in [-0.1, -0.05) is 25.8 Å². The van der Waals surface area contributed by atoms with Gasteiger partial charge < -0.3 is 4.74 Å². The standard InChI is InChI=1S/C21H27F5O/c1-3-5-13-10-17-20(24,11-13)9-8-14(12-21(17,25)26)15-6-7-16(27-4-2)19(23)18(15)22/h6-7,13-14,17H,3-5,8-12H2,1-2H3. The van der Waals surface area contributed by atoms with Gasteiger partial charge in [0.1, 0.15) is 5.67 Å². The third-order valence-corrected chi connectivity index (χ3v) is 6.27. The predicted molar refractivity (Wildman–Crippen MR) is 94.0 cm³/mol. The highest BCUT2D eigenvalue weighted by Gasteiger charge is 2.60. The Morgan fingerprint density at radius 1 is 1.07 bits per heavy atom. The van der Waals surface area contributed by atoms with Crippen LogP contribution < -0.4 is 4.74 Å². The number of hydrogen-bond acceptors (Lipinski definition) is 1. The minimum Gasteiger partial charge on any atom is -0.491 e. The van der Waals surface area contributed by atoms with Crippen LogP contribution in [0.2, 0.25) is 0 Å². The Morgan fingerprint density at radius 2 is 1.81 bits per heavy atom. The lowest BCUT2D eigenvalue weighted by Crippen LogP contribution is -2.39. The maximum atomic E-state index is 15.5. The van der Waals surface area contributed by atoms with Gasteiger partial charge in [-0.15, -0.1) is 0 Å². The SMILES string of the molecule is CCCC1CC2C(F)(F)CC(c3ccc(OCC)c(F)c3F)CCC2(F)C1. The number of benzene rings is 1. The molecule has 1 aromatic carbocycles. The predicted octanol–water partition coefficient (Wildman–Crippen LogP) is 6.80. The van der Waals surface area contributed by atoms with Crippen molar-refractivity contribution < 1.29 is 26.7 Å². The number of ether oxygens (including phenoxy) is 1. The Labute approximate surface area is 157 Å². The van der Waals surface area contributed by atoms with Crippen molar-refractivity contribution in [3.63, 3.8) is 0 Å². The molecule has 3 rings (SSSR count). The quantitative estimate of drug-likeness (QED) is 0.502. The Bertz CT molecular complexity index is 677. The number of fused-ring (bicyclic) bond motifs is 1. The molecule has 0 amide bonds. The molecule has 1 aromatic rings. The van der Waals surface area contributed by atoms with Crippen LogP contribution in [-0.4, -0.2) is 18.2 Å². The summed E-state index contributed by atoms with van der Waals surface area (Å²) in [5.41, 5.74) is -2.03. The normalized spacial score (nSPS) is 32.8. The molecule has 2 saturated carbocycles. The molecule has 4 unspecified atom stereocenters. The zero-order valence-electron chi connectivity index (χ0n) is 15.8. The number of hydrogen-bond donors (Lipinski definition) is 0. The van der Waals surface area contributed by atoms with Crippen molar-refractivity contribution in [2.75, 3.05) is 6.61 Å². The van der Waals surface area contributed by atoms with E-state index in [1.807, 2.05) is 6.92 Å². The van der Waals surface area contributed by atoms with E-state index >= 15 is 4.39 Å². The Kier molecular flexibility index (Phi) is 5.74. The van der Waals surface area contributed by atoms with Gasteiger partial charge in [0.15, 0.2) is 11.6 Å². The summed E-state index contributed by atoms with van der Waals surface area (Å²) >= 11 is 0. The second-order valence-corrected chi connectivity index (χ2v) is 8.10. The molecule has 0 aromatic heterocycles. The first-order valence-corrected chi connectivity index (χ1v) is 9.89. The molecule has 0 aliphatic heterocycles. The summed E-state index contributed by atoms with van der Waals surface area (Å²) in [5.74, 6) is -8.06. The molecule has 6 heteroatoms. The zero-order valence-corrected chi connectivity index (χ0v) is 15.8. The lowest BCUT2D eigenvalue weighted by atomic mass is 9.85. The van der Waals surface area contributed by atoms with Gasteiger partial charge in [0.05, 0.1) is 12.5 Å². The number of alkyl halides is 3. The van der Waals surface area contributed by atoms with Gasteiger partial charge in [0.2, 0.25) is 5.82 Å². The van der Waals surface area contributed by atoms with E-state index in [0.29, 0.717) is 0 Å². The molecule has 152 valence electrons. The van der Waals surface area contributed by atoms with E-state index < -0.39 is 41.5 Å². The van der Waals surface area contributed by atoms with Crippen molar-refractivity contribution in [3.05, 3.63) is 29.3 Å². The van der Waals surface area contributed by atoms with Gasteiger partial charge in [-0.05, 0) is 56.1 Å². The highest BCUT2D eigenvalue weighted by Crippen LogP contribution is 2.58. The first-order chi connectivity index (χ1) is 12.7. The summed E-state index contributed by atoms with van der Waals surface area (Å²) in [4.78, 5) is 0. The van der Waals surface area contributed by atoms with E-state index in [9.17, 15) is 17.6 Å². The van der Waals surface area contributed by atoms with Crippen LogP contribution in [0.5, 0.6) is 5.75 Å². The molecule has 2 fully saturated rings. The van der Waals surface area contributed by atoms with E-state index in [1.165, 1.54) is 12.1 Å². The van der Waals surface area contributed by atoms with E-state index in [4.69, 9.17) is 4.74 Å². The first kappa shape index (κ1) is 20.4. The molecule has 0 N–H and O–H groups in total. The van der Waals surface area contributed by atoms with Crippen LogP contribution in [0.4, 0.5) is 22.0 Å².